The molecular formula is C20H21NO2. The van der Waals surface area contributed by atoms with Gasteiger partial charge in [0.25, 0.3) is 0 Å². The molecule has 23 heavy (non-hydrogen) atoms. The van der Waals surface area contributed by atoms with Crippen molar-refractivity contribution in [3.63, 3.8) is 0 Å². The van der Waals surface area contributed by atoms with Crippen LogP contribution in [0.2, 0.25) is 0 Å². The molecule has 0 bridgehead atoms. The summed E-state index contributed by atoms with van der Waals surface area (Å²) in [6.07, 6.45) is 1.06. The Balaban J connectivity index is 2.32. The lowest BCUT2D eigenvalue weighted by Gasteiger charge is -2.06. The van der Waals surface area contributed by atoms with Crippen LogP contribution in [0.5, 0.6) is 5.75 Å². The predicted octanol–water partition coefficient (Wildman–Crippen LogP) is 5.16. The molecule has 0 radical (unpaired) electrons. The third-order valence-corrected chi connectivity index (χ3v) is 4.04. The van der Waals surface area contributed by atoms with Gasteiger partial charge in [-0.2, -0.15) is 0 Å². The molecule has 0 saturated heterocycles. The van der Waals surface area contributed by atoms with Crippen LogP contribution >= 0.6 is 0 Å². The van der Waals surface area contributed by atoms with E-state index in [0.29, 0.717) is 5.75 Å². The molecule has 0 unspecified atom stereocenters. The van der Waals surface area contributed by atoms with E-state index in [-0.39, 0.29) is 5.97 Å². The first-order valence-electron chi connectivity index (χ1n) is 7.91. The Hall–Kier alpha value is -2.55. The minimum absolute atomic E-state index is 0.302. The first kappa shape index (κ1) is 15.3. The number of hydrogen-bond acceptors (Lipinski definition) is 2. The van der Waals surface area contributed by atoms with Crippen LogP contribution in [-0.4, -0.2) is 10.5 Å². The molecule has 1 heterocycles. The van der Waals surface area contributed by atoms with Gasteiger partial charge in [0, 0.05) is 35.3 Å². The molecule has 1 aromatic heterocycles. The molecule has 0 aliphatic carbocycles. The van der Waals surface area contributed by atoms with Crippen LogP contribution in [0, 0.1) is 0 Å². The van der Waals surface area contributed by atoms with E-state index in [2.05, 4.69) is 36.3 Å². The molecule has 118 valence electrons. The predicted molar refractivity (Wildman–Crippen MR) is 95.8 cm³/mol. The van der Waals surface area contributed by atoms with Crippen LogP contribution in [0.4, 0.5) is 0 Å². The van der Waals surface area contributed by atoms with Gasteiger partial charge in [-0.15, -0.1) is 0 Å². The van der Waals surface area contributed by atoms with Gasteiger partial charge in [0.15, 0.2) is 0 Å². The molecule has 0 aliphatic heterocycles. The summed E-state index contributed by atoms with van der Waals surface area (Å²) < 4.78 is 7.58. The maximum absolute atomic E-state index is 11.2. The summed E-state index contributed by atoms with van der Waals surface area (Å²) in [6.45, 7) is 10.6. The van der Waals surface area contributed by atoms with Gasteiger partial charge < -0.3 is 9.30 Å². The van der Waals surface area contributed by atoms with Crippen molar-refractivity contribution in [3.8, 4) is 5.75 Å². The molecule has 2 aromatic carbocycles. The number of carbonyl (C=O) groups excluding carboxylic acids is 1. The molecule has 0 spiro atoms. The molecule has 0 fully saturated rings. The van der Waals surface area contributed by atoms with Crippen molar-refractivity contribution in [2.24, 2.45) is 0 Å². The lowest BCUT2D eigenvalue weighted by molar-refractivity contribution is -0.131. The average Bonchev–Trinajstić information content (AvgIpc) is 2.80. The van der Waals surface area contributed by atoms with E-state index < -0.39 is 0 Å². The largest absolute Gasteiger partial charge is 0.427 e. The van der Waals surface area contributed by atoms with Gasteiger partial charge in [0.1, 0.15) is 5.75 Å². The minimum atomic E-state index is -0.302. The Bertz CT molecular complexity index is 918. The monoisotopic (exact) mass is 307 g/mol. The lowest BCUT2D eigenvalue weighted by Crippen LogP contribution is -2.01. The highest BCUT2D eigenvalue weighted by atomic mass is 16.5. The number of allylic oxidation sites excluding steroid dienone is 1. The second-order valence-electron chi connectivity index (χ2n) is 5.94. The highest BCUT2D eigenvalue weighted by molar-refractivity contribution is 6.09. The number of aryl methyl sites for hydroxylation is 1. The van der Waals surface area contributed by atoms with E-state index in [9.17, 15) is 4.79 Å². The number of fused-ring (bicyclic) bond motifs is 3. The number of esters is 1. The van der Waals surface area contributed by atoms with Gasteiger partial charge in [0.05, 0.1) is 0 Å². The summed E-state index contributed by atoms with van der Waals surface area (Å²) in [5, 5.41) is 2.28. The minimum Gasteiger partial charge on any atom is -0.427 e. The fourth-order valence-corrected chi connectivity index (χ4v) is 3.04. The quantitative estimate of drug-likeness (QED) is 0.492. The van der Waals surface area contributed by atoms with E-state index in [0.717, 1.165) is 35.0 Å². The normalized spacial score (nSPS) is 11.1. The van der Waals surface area contributed by atoms with Gasteiger partial charge in [-0.05, 0) is 49.2 Å². The van der Waals surface area contributed by atoms with Crippen molar-refractivity contribution in [2.75, 3.05) is 0 Å². The van der Waals surface area contributed by atoms with Gasteiger partial charge in [-0.25, -0.2) is 0 Å². The van der Waals surface area contributed by atoms with E-state index in [1.165, 1.54) is 17.8 Å². The van der Waals surface area contributed by atoms with Crippen molar-refractivity contribution < 1.29 is 9.53 Å². The smallest absolute Gasteiger partial charge is 0.308 e. The van der Waals surface area contributed by atoms with Gasteiger partial charge in [-0.1, -0.05) is 25.1 Å². The number of nitrogens with zero attached hydrogens (tertiary/aromatic N) is 1. The summed E-state index contributed by atoms with van der Waals surface area (Å²) in [4.78, 5) is 11.2. The zero-order chi connectivity index (χ0) is 16.6. The summed E-state index contributed by atoms with van der Waals surface area (Å²) in [5.74, 6) is 0.283. The fraction of sp³-hybridized carbons (Fsp3) is 0.250. The van der Waals surface area contributed by atoms with Crippen molar-refractivity contribution in [2.45, 2.75) is 33.7 Å². The highest BCUT2D eigenvalue weighted by Crippen LogP contribution is 2.33. The number of benzene rings is 2. The third-order valence-electron chi connectivity index (χ3n) is 4.04. The molecule has 0 N–H and O–H groups in total. The first-order valence-corrected chi connectivity index (χ1v) is 7.91. The molecule has 3 nitrogen and oxygen atoms in total. The average molecular weight is 307 g/mol. The molecular weight excluding hydrogens is 286 g/mol. The summed E-state index contributed by atoms with van der Waals surface area (Å²) in [5.41, 5.74) is 4.54. The SMILES string of the molecule is C=C(C)c1ccc2c(c1)c1cc(OC(C)=O)ccc1n2CCC. The van der Waals surface area contributed by atoms with Crippen LogP contribution in [0.1, 0.15) is 32.8 Å². The summed E-state index contributed by atoms with van der Waals surface area (Å²) >= 11 is 0. The highest BCUT2D eigenvalue weighted by Gasteiger charge is 2.12. The standard InChI is InChI=1S/C20H21NO2/c1-5-10-21-19-8-6-15(13(2)3)11-17(19)18-12-16(23-14(4)22)7-9-20(18)21/h6-9,11-12H,2,5,10H2,1,3-4H3. The Morgan fingerprint density at radius 2 is 1.74 bits per heavy atom. The van der Waals surface area contributed by atoms with Crippen LogP contribution in [0.3, 0.4) is 0 Å². The molecule has 0 amide bonds. The maximum atomic E-state index is 11.2. The van der Waals surface area contributed by atoms with E-state index in [4.69, 9.17) is 4.74 Å². The Labute approximate surface area is 136 Å². The number of carbonyl (C=O) groups is 1. The number of ether oxygens (including phenoxy) is 1. The van der Waals surface area contributed by atoms with Gasteiger partial charge in [-0.3, -0.25) is 4.79 Å². The zero-order valence-electron chi connectivity index (χ0n) is 13.8. The molecule has 3 heteroatoms. The maximum Gasteiger partial charge on any atom is 0.308 e. The zero-order valence-corrected chi connectivity index (χ0v) is 13.8. The number of hydrogen-bond donors (Lipinski definition) is 0. The van der Waals surface area contributed by atoms with Crippen LogP contribution in [0.25, 0.3) is 27.4 Å². The number of rotatable bonds is 4. The number of aromatic nitrogens is 1. The summed E-state index contributed by atoms with van der Waals surface area (Å²) in [6, 6.07) is 12.3. The molecule has 0 aliphatic rings. The van der Waals surface area contributed by atoms with Gasteiger partial charge in [0.2, 0.25) is 0 Å². The van der Waals surface area contributed by atoms with E-state index in [1.54, 1.807) is 0 Å². The summed E-state index contributed by atoms with van der Waals surface area (Å²) in [7, 11) is 0. The van der Waals surface area contributed by atoms with E-state index >= 15 is 0 Å². The molecule has 3 rings (SSSR count). The third kappa shape index (κ3) is 2.74. The Morgan fingerprint density at radius 1 is 1.09 bits per heavy atom. The van der Waals surface area contributed by atoms with Crippen molar-refractivity contribution >= 4 is 33.3 Å². The van der Waals surface area contributed by atoms with Crippen molar-refractivity contribution in [1.29, 1.82) is 0 Å². The van der Waals surface area contributed by atoms with Crippen LogP contribution in [0.15, 0.2) is 43.0 Å². The molecule has 0 atom stereocenters. The first-order chi connectivity index (χ1) is 11.0. The Morgan fingerprint density at radius 3 is 2.35 bits per heavy atom. The second-order valence-corrected chi connectivity index (χ2v) is 5.94. The van der Waals surface area contributed by atoms with Crippen LogP contribution in [-0.2, 0) is 11.3 Å². The van der Waals surface area contributed by atoms with E-state index in [1.807, 2.05) is 25.1 Å². The topological polar surface area (TPSA) is 31.2 Å². The molecule has 3 aromatic rings. The second kappa shape index (κ2) is 5.92. The van der Waals surface area contributed by atoms with Crippen LogP contribution < -0.4 is 4.74 Å². The lowest BCUT2D eigenvalue weighted by atomic mass is 10.1. The fourth-order valence-electron chi connectivity index (χ4n) is 3.04. The van der Waals surface area contributed by atoms with Crippen molar-refractivity contribution in [1.82, 2.24) is 4.57 Å². The Kier molecular flexibility index (Phi) is 3.95. The molecule has 0 saturated carbocycles. The van der Waals surface area contributed by atoms with Crippen molar-refractivity contribution in [3.05, 3.63) is 48.5 Å². The van der Waals surface area contributed by atoms with Gasteiger partial charge >= 0.3 is 5.97 Å².